The van der Waals surface area contributed by atoms with Gasteiger partial charge in [0.2, 0.25) is 0 Å². The molecular weight excluding hydrogens is 138 g/mol. The molecule has 1 fully saturated rings. The van der Waals surface area contributed by atoms with Gasteiger partial charge in [0.15, 0.2) is 0 Å². The topological polar surface area (TPSA) is 38.3 Å². The molecule has 9 heavy (non-hydrogen) atoms. The van der Waals surface area contributed by atoms with Crippen LogP contribution in [-0.2, 0) is 8.98 Å². The molecule has 1 aliphatic heterocycles. The van der Waals surface area contributed by atoms with Gasteiger partial charge in [0.25, 0.3) is 0 Å². The summed E-state index contributed by atoms with van der Waals surface area (Å²) < 4.78 is 4.23. The van der Waals surface area contributed by atoms with Crippen LogP contribution in [0.5, 0.6) is 0 Å². The first-order chi connectivity index (χ1) is 4.34. The summed E-state index contributed by atoms with van der Waals surface area (Å²) in [6, 6.07) is -0.109. The quantitative estimate of drug-likeness (QED) is 0.409. The van der Waals surface area contributed by atoms with Crippen LogP contribution in [0, 0.1) is 0 Å². The Bertz CT molecular complexity index is 112. The molecule has 0 radical (unpaired) electrons. The molecule has 0 aliphatic carbocycles. The highest BCUT2D eigenvalue weighted by molar-refractivity contribution is 7.75. The van der Waals surface area contributed by atoms with E-state index in [1.54, 1.807) is 0 Å². The normalized spacial score (nSPS) is 26.1. The first kappa shape index (κ1) is 6.89. The summed E-state index contributed by atoms with van der Waals surface area (Å²) in [5.41, 5.74) is 0. The number of hydrogen-bond acceptors (Lipinski definition) is 4. The highest BCUT2D eigenvalue weighted by Crippen LogP contribution is 2.06. The van der Waals surface area contributed by atoms with Crippen LogP contribution in [0.3, 0.4) is 0 Å². The summed E-state index contributed by atoms with van der Waals surface area (Å²) in [6.45, 7) is 0.910. The molecule has 0 amide bonds. The third-order valence-corrected chi connectivity index (χ3v) is 1.61. The van der Waals surface area contributed by atoms with Crippen LogP contribution >= 0.6 is 12.9 Å². The molecule has 0 aromatic rings. The zero-order valence-corrected chi connectivity index (χ0v) is 5.86. The monoisotopic (exact) mass is 147 g/mol. The minimum Gasteiger partial charge on any atom is -0.393 e. The van der Waals surface area contributed by atoms with Crippen LogP contribution < -0.4 is 5.32 Å². The Morgan fingerprint density at radius 2 is 2.56 bits per heavy atom. The molecule has 3 nitrogen and oxygen atoms in total. The lowest BCUT2D eigenvalue weighted by atomic mass is 10.2. The van der Waals surface area contributed by atoms with Gasteiger partial charge in [-0.25, -0.2) is 4.79 Å². The molecule has 0 spiro atoms. The summed E-state index contributed by atoms with van der Waals surface area (Å²) in [7, 11) is 0. The van der Waals surface area contributed by atoms with Crippen molar-refractivity contribution in [2.75, 3.05) is 6.54 Å². The molecule has 52 valence electrons. The van der Waals surface area contributed by atoms with Crippen molar-refractivity contribution in [3.05, 3.63) is 0 Å². The molecule has 1 atom stereocenters. The largest absolute Gasteiger partial charge is 0.393 e. The Hall–Kier alpha value is -0.220. The van der Waals surface area contributed by atoms with Gasteiger partial charge in [-0.3, -0.25) is 0 Å². The first-order valence-corrected chi connectivity index (χ1v) is 3.30. The molecule has 1 N–H and O–H groups in total. The molecule has 0 aromatic carbocycles. The van der Waals surface area contributed by atoms with E-state index in [9.17, 15) is 4.79 Å². The van der Waals surface area contributed by atoms with Gasteiger partial charge in [-0.1, -0.05) is 0 Å². The number of hydrogen-bond donors (Lipinski definition) is 2. The third-order valence-electron chi connectivity index (χ3n) is 1.43. The van der Waals surface area contributed by atoms with Crippen LogP contribution in [-0.4, -0.2) is 18.6 Å². The lowest BCUT2D eigenvalue weighted by molar-refractivity contribution is -0.134. The predicted molar refractivity (Wildman–Crippen MR) is 36.1 cm³/mol. The van der Waals surface area contributed by atoms with Crippen molar-refractivity contribution in [1.82, 2.24) is 5.32 Å². The number of carbonyl (C=O) groups excluding carboxylic acids is 1. The number of carbonyl (C=O) groups is 1. The Morgan fingerprint density at radius 3 is 3.00 bits per heavy atom. The number of thiol groups is 1. The van der Waals surface area contributed by atoms with E-state index in [4.69, 9.17) is 0 Å². The molecule has 1 heterocycles. The van der Waals surface area contributed by atoms with E-state index in [2.05, 4.69) is 22.4 Å². The lowest BCUT2D eigenvalue weighted by Gasteiger charge is -2.03. The van der Waals surface area contributed by atoms with Crippen molar-refractivity contribution in [3.63, 3.8) is 0 Å². The molecule has 0 aromatic heterocycles. The van der Waals surface area contributed by atoms with E-state index in [0.29, 0.717) is 0 Å². The smallest absolute Gasteiger partial charge is 0.334 e. The van der Waals surface area contributed by atoms with E-state index in [1.807, 2.05) is 0 Å². The fourth-order valence-electron chi connectivity index (χ4n) is 0.949. The second-order valence-electron chi connectivity index (χ2n) is 2.06. The Balaban J connectivity index is 2.32. The SMILES string of the molecule is O=C(OS)C1CCCN1. The Kier molecular flexibility index (Phi) is 2.36. The van der Waals surface area contributed by atoms with E-state index < -0.39 is 0 Å². The fourth-order valence-corrected chi connectivity index (χ4v) is 1.08. The van der Waals surface area contributed by atoms with E-state index in [0.717, 1.165) is 19.4 Å². The molecule has 1 unspecified atom stereocenters. The number of rotatable bonds is 1. The molecule has 4 heteroatoms. The average molecular weight is 147 g/mol. The minimum atomic E-state index is -0.268. The molecule has 0 saturated carbocycles. The second-order valence-corrected chi connectivity index (χ2v) is 2.24. The molecule has 1 rings (SSSR count). The van der Waals surface area contributed by atoms with Crippen molar-refractivity contribution in [2.24, 2.45) is 0 Å². The van der Waals surface area contributed by atoms with E-state index >= 15 is 0 Å². The van der Waals surface area contributed by atoms with Crippen molar-refractivity contribution in [3.8, 4) is 0 Å². The average Bonchev–Trinajstić information content (AvgIpc) is 2.37. The molecule has 0 bridgehead atoms. The number of nitrogens with one attached hydrogen (secondary N) is 1. The van der Waals surface area contributed by atoms with Gasteiger partial charge < -0.3 is 9.50 Å². The molecule has 1 aliphatic rings. The van der Waals surface area contributed by atoms with Gasteiger partial charge >= 0.3 is 5.97 Å². The summed E-state index contributed by atoms with van der Waals surface area (Å²) in [5, 5.41) is 2.98. The summed E-state index contributed by atoms with van der Waals surface area (Å²) in [6.07, 6.45) is 1.92. The predicted octanol–water partition coefficient (Wildman–Crippen LogP) is 0.126. The third kappa shape index (κ3) is 1.59. The van der Waals surface area contributed by atoms with Gasteiger partial charge in [-0.2, -0.15) is 0 Å². The van der Waals surface area contributed by atoms with Crippen LogP contribution in [0.4, 0.5) is 0 Å². The Labute approximate surface area is 59.4 Å². The maximum atomic E-state index is 10.7. The van der Waals surface area contributed by atoms with Crippen LogP contribution in [0.25, 0.3) is 0 Å². The molecular formula is C5H9NO2S. The maximum Gasteiger partial charge on any atom is 0.334 e. The van der Waals surface area contributed by atoms with Crippen molar-refractivity contribution in [1.29, 1.82) is 0 Å². The van der Waals surface area contributed by atoms with Crippen LogP contribution in [0.15, 0.2) is 0 Å². The van der Waals surface area contributed by atoms with Crippen LogP contribution in [0.1, 0.15) is 12.8 Å². The van der Waals surface area contributed by atoms with Gasteiger partial charge in [-0.05, 0) is 19.4 Å². The summed E-state index contributed by atoms with van der Waals surface area (Å²) in [4.78, 5) is 10.7. The van der Waals surface area contributed by atoms with E-state index in [1.165, 1.54) is 0 Å². The standard InChI is InChI=1S/C5H9NO2S/c7-5(8-9)4-2-1-3-6-4/h4,6,9H,1-3H2. The minimum absolute atomic E-state index is 0.109. The van der Waals surface area contributed by atoms with Crippen molar-refractivity contribution in [2.45, 2.75) is 18.9 Å². The van der Waals surface area contributed by atoms with Gasteiger partial charge in [0.1, 0.15) is 6.04 Å². The first-order valence-electron chi connectivity index (χ1n) is 2.93. The molecule has 1 saturated heterocycles. The van der Waals surface area contributed by atoms with E-state index in [-0.39, 0.29) is 12.0 Å². The second kappa shape index (κ2) is 3.08. The van der Waals surface area contributed by atoms with Crippen LogP contribution in [0.2, 0.25) is 0 Å². The highest BCUT2D eigenvalue weighted by Gasteiger charge is 2.22. The van der Waals surface area contributed by atoms with Crippen molar-refractivity contribution < 1.29 is 8.98 Å². The summed E-state index contributed by atoms with van der Waals surface area (Å²) >= 11 is 3.40. The Morgan fingerprint density at radius 1 is 1.78 bits per heavy atom. The lowest BCUT2D eigenvalue weighted by Crippen LogP contribution is -2.30. The summed E-state index contributed by atoms with van der Waals surface area (Å²) in [5.74, 6) is -0.268. The zero-order chi connectivity index (χ0) is 6.69. The zero-order valence-electron chi connectivity index (χ0n) is 4.96. The van der Waals surface area contributed by atoms with Crippen molar-refractivity contribution >= 4 is 18.9 Å². The fraction of sp³-hybridized carbons (Fsp3) is 0.800. The highest BCUT2D eigenvalue weighted by atomic mass is 32.1. The van der Waals surface area contributed by atoms with Gasteiger partial charge in [0, 0.05) is 12.9 Å². The van der Waals surface area contributed by atoms with Gasteiger partial charge in [0.05, 0.1) is 0 Å². The van der Waals surface area contributed by atoms with Gasteiger partial charge in [-0.15, -0.1) is 0 Å². The maximum absolute atomic E-state index is 10.7.